The van der Waals surface area contributed by atoms with E-state index >= 15 is 0 Å². The summed E-state index contributed by atoms with van der Waals surface area (Å²) in [6, 6.07) is 52.0. The Labute approximate surface area is 268 Å². The lowest BCUT2D eigenvalue weighted by molar-refractivity contribution is 1.16. The van der Waals surface area contributed by atoms with Gasteiger partial charge in [-0.1, -0.05) is 66.7 Å². The van der Waals surface area contributed by atoms with E-state index in [4.69, 9.17) is 9.97 Å². The molecule has 6 aromatic carbocycles. The van der Waals surface area contributed by atoms with Crippen LogP contribution in [0.1, 0.15) is 0 Å². The second kappa shape index (κ2) is 9.05. The highest BCUT2D eigenvalue weighted by Crippen LogP contribution is 2.44. The van der Waals surface area contributed by atoms with E-state index in [1.54, 1.807) is 0 Å². The lowest BCUT2D eigenvalue weighted by Crippen LogP contribution is -1.96. The van der Waals surface area contributed by atoms with Crippen molar-refractivity contribution in [1.82, 2.24) is 23.5 Å². The first-order valence-corrected chi connectivity index (χ1v) is 15.9. The monoisotopic (exact) mass is 599 g/mol. The van der Waals surface area contributed by atoms with Crippen molar-refractivity contribution in [1.29, 1.82) is 0 Å². The van der Waals surface area contributed by atoms with Gasteiger partial charge < -0.3 is 9.13 Å². The number of benzene rings is 6. The molecule has 5 nitrogen and oxygen atoms in total. The summed E-state index contributed by atoms with van der Waals surface area (Å²) >= 11 is 0. The molecule has 0 fully saturated rings. The lowest BCUT2D eigenvalue weighted by atomic mass is 10.0. The molecule has 47 heavy (non-hydrogen) atoms. The van der Waals surface area contributed by atoms with Gasteiger partial charge in [0.2, 0.25) is 0 Å². The summed E-state index contributed by atoms with van der Waals surface area (Å²) in [5.41, 5.74) is 12.0. The number of nitrogens with zero attached hydrogens (tertiary/aromatic N) is 5. The number of fused-ring (bicyclic) bond motifs is 15. The van der Waals surface area contributed by atoms with E-state index in [1.807, 2.05) is 12.3 Å². The van der Waals surface area contributed by atoms with Gasteiger partial charge in [0, 0.05) is 49.9 Å². The van der Waals surface area contributed by atoms with Crippen molar-refractivity contribution in [3.8, 4) is 11.4 Å². The van der Waals surface area contributed by atoms with E-state index in [2.05, 4.69) is 153 Å². The van der Waals surface area contributed by atoms with Gasteiger partial charge in [-0.15, -0.1) is 0 Å². The summed E-state index contributed by atoms with van der Waals surface area (Å²) in [6.45, 7) is 0. The van der Waals surface area contributed by atoms with Crippen LogP contribution in [0.3, 0.4) is 0 Å². The molecule has 5 heteroatoms. The number of hydrogen-bond donors (Lipinski definition) is 0. The second-order valence-electron chi connectivity index (χ2n) is 12.3. The number of pyridine rings is 2. The Morgan fingerprint density at radius 2 is 1.06 bits per heavy atom. The van der Waals surface area contributed by atoms with Crippen molar-refractivity contribution in [2.45, 2.75) is 0 Å². The van der Waals surface area contributed by atoms with Crippen LogP contribution in [0.15, 0.2) is 152 Å². The van der Waals surface area contributed by atoms with Crippen LogP contribution in [0.25, 0.3) is 93.5 Å². The van der Waals surface area contributed by atoms with Crippen LogP contribution >= 0.6 is 0 Å². The molecule has 0 aliphatic carbocycles. The Bertz CT molecular complexity index is 3060. The fourth-order valence-corrected chi connectivity index (χ4v) is 7.93. The van der Waals surface area contributed by atoms with Crippen molar-refractivity contribution in [3.63, 3.8) is 0 Å². The third-order valence-corrected chi connectivity index (χ3v) is 9.82. The number of aromatic nitrogens is 5. The first kappa shape index (κ1) is 24.8. The van der Waals surface area contributed by atoms with Gasteiger partial charge in [-0.05, 0) is 78.9 Å². The van der Waals surface area contributed by atoms with Crippen molar-refractivity contribution in [3.05, 3.63) is 152 Å². The highest BCUT2D eigenvalue weighted by molar-refractivity contribution is 6.31. The third kappa shape index (κ3) is 3.22. The molecule has 0 saturated heterocycles. The van der Waals surface area contributed by atoms with E-state index in [1.165, 1.54) is 32.6 Å². The van der Waals surface area contributed by atoms with Gasteiger partial charge in [0.1, 0.15) is 5.65 Å². The molecule has 11 aromatic rings. The molecule has 0 aliphatic heterocycles. The number of rotatable bonds is 2. The van der Waals surface area contributed by atoms with Gasteiger partial charge in [-0.2, -0.15) is 0 Å². The normalized spacial score (nSPS) is 12.3. The summed E-state index contributed by atoms with van der Waals surface area (Å²) in [6.07, 6.45) is 1.89. The summed E-state index contributed by atoms with van der Waals surface area (Å²) in [5, 5.41) is 7.07. The molecule has 0 spiro atoms. The van der Waals surface area contributed by atoms with Crippen molar-refractivity contribution >= 4 is 82.1 Å². The van der Waals surface area contributed by atoms with E-state index < -0.39 is 0 Å². The van der Waals surface area contributed by atoms with Crippen LogP contribution < -0.4 is 0 Å². The topological polar surface area (TPSA) is 40.0 Å². The zero-order valence-corrected chi connectivity index (χ0v) is 25.2. The van der Waals surface area contributed by atoms with Crippen molar-refractivity contribution in [2.24, 2.45) is 0 Å². The molecule has 0 saturated carbocycles. The summed E-state index contributed by atoms with van der Waals surface area (Å²) in [4.78, 5) is 10.3. The fraction of sp³-hybridized carbons (Fsp3) is 0. The molecule has 0 unspecified atom stereocenters. The highest BCUT2D eigenvalue weighted by atomic mass is 15.0. The molecular formula is C42H25N5. The predicted molar refractivity (Wildman–Crippen MR) is 194 cm³/mol. The minimum Gasteiger partial charge on any atom is -0.309 e. The molecule has 0 bridgehead atoms. The average Bonchev–Trinajstić information content (AvgIpc) is 3.79. The fourth-order valence-electron chi connectivity index (χ4n) is 7.93. The van der Waals surface area contributed by atoms with Crippen LogP contribution in [0.2, 0.25) is 0 Å². The Hall–Kier alpha value is -6.46. The zero-order chi connectivity index (χ0) is 30.6. The maximum Gasteiger partial charge on any atom is 0.147 e. The first-order valence-electron chi connectivity index (χ1n) is 15.9. The highest BCUT2D eigenvalue weighted by Gasteiger charge is 2.23. The molecule has 11 rings (SSSR count). The molecule has 0 atom stereocenters. The van der Waals surface area contributed by atoms with Crippen LogP contribution in [0.4, 0.5) is 0 Å². The molecule has 5 aromatic heterocycles. The second-order valence-corrected chi connectivity index (χ2v) is 12.3. The quantitative estimate of drug-likeness (QED) is 0.186. The van der Waals surface area contributed by atoms with Crippen LogP contribution in [-0.4, -0.2) is 23.5 Å². The third-order valence-electron chi connectivity index (χ3n) is 9.82. The molecular weight excluding hydrogens is 574 g/mol. The Morgan fingerprint density at radius 1 is 0.404 bits per heavy atom. The van der Waals surface area contributed by atoms with Gasteiger partial charge in [-0.25, -0.2) is 4.98 Å². The molecule has 0 N–H and O–H groups in total. The Kier molecular flexibility index (Phi) is 4.78. The SMILES string of the molecule is c1ccc(-n2c3ccccc3c3cc4c5c6c(ccc5n(-c5ccccc5)c4cc32)c2ncccc2n2c3ccccc3nc62)cc1. The van der Waals surface area contributed by atoms with E-state index in [9.17, 15) is 0 Å². The van der Waals surface area contributed by atoms with Crippen LogP contribution in [0, 0.1) is 0 Å². The average molecular weight is 600 g/mol. The number of para-hydroxylation sites is 5. The van der Waals surface area contributed by atoms with Crippen molar-refractivity contribution in [2.75, 3.05) is 0 Å². The maximum atomic E-state index is 5.31. The van der Waals surface area contributed by atoms with E-state index in [-0.39, 0.29) is 0 Å². The largest absolute Gasteiger partial charge is 0.309 e. The van der Waals surface area contributed by atoms with Gasteiger partial charge in [0.05, 0.1) is 44.1 Å². The Morgan fingerprint density at radius 3 is 1.87 bits per heavy atom. The maximum absolute atomic E-state index is 5.31. The molecule has 218 valence electrons. The van der Waals surface area contributed by atoms with Gasteiger partial charge in [0.25, 0.3) is 0 Å². The molecule has 5 heterocycles. The van der Waals surface area contributed by atoms with Gasteiger partial charge in [-0.3, -0.25) is 9.38 Å². The standard InChI is InChI=1S/C42H25N5/c1-3-12-26(13-4-1)45-33-18-9-7-16-28(33)30-24-31-38(25-37(30)45)46(27-14-5-2-6-15-27)35-22-21-29-40(39(31)35)42-44-32-17-8-10-19-34(32)47(42)36-20-11-23-43-41(29)36/h1-25H. The predicted octanol–water partition coefficient (Wildman–Crippen LogP) is 10.4. The van der Waals surface area contributed by atoms with Crippen LogP contribution in [-0.2, 0) is 0 Å². The Balaban J connectivity index is 1.43. The number of imidazole rings is 1. The summed E-state index contributed by atoms with van der Waals surface area (Å²) in [7, 11) is 0. The van der Waals surface area contributed by atoms with Crippen molar-refractivity contribution < 1.29 is 0 Å². The summed E-state index contributed by atoms with van der Waals surface area (Å²) in [5.74, 6) is 0. The molecule has 0 aliphatic rings. The van der Waals surface area contributed by atoms with Crippen LogP contribution in [0.5, 0.6) is 0 Å². The van der Waals surface area contributed by atoms with Gasteiger partial charge in [0.15, 0.2) is 0 Å². The van der Waals surface area contributed by atoms with E-state index in [0.717, 1.165) is 60.9 Å². The zero-order valence-electron chi connectivity index (χ0n) is 25.2. The summed E-state index contributed by atoms with van der Waals surface area (Å²) < 4.78 is 7.11. The first-order chi connectivity index (χ1) is 23.3. The lowest BCUT2D eigenvalue weighted by Gasteiger charge is -2.11. The van der Waals surface area contributed by atoms with E-state index in [0.29, 0.717) is 0 Å². The molecule has 0 radical (unpaired) electrons. The number of hydrogen-bond acceptors (Lipinski definition) is 2. The minimum atomic E-state index is 0.950. The van der Waals surface area contributed by atoms with Gasteiger partial charge >= 0.3 is 0 Å². The smallest absolute Gasteiger partial charge is 0.147 e. The minimum absolute atomic E-state index is 0.950. The molecule has 0 amide bonds.